The van der Waals surface area contributed by atoms with E-state index < -0.39 is 0 Å². The van der Waals surface area contributed by atoms with Gasteiger partial charge in [-0.15, -0.1) is 0 Å². The van der Waals surface area contributed by atoms with Crippen LogP contribution in [-0.2, 0) is 4.79 Å². The Morgan fingerprint density at radius 3 is 2.50 bits per heavy atom. The van der Waals surface area contributed by atoms with E-state index in [1.807, 2.05) is 11.8 Å². The van der Waals surface area contributed by atoms with Crippen LogP contribution < -0.4 is 5.73 Å². The summed E-state index contributed by atoms with van der Waals surface area (Å²) in [5.74, 6) is 0.678. The summed E-state index contributed by atoms with van der Waals surface area (Å²) >= 11 is 0. The van der Waals surface area contributed by atoms with Crippen molar-refractivity contribution in [2.45, 2.75) is 39.2 Å². The van der Waals surface area contributed by atoms with Gasteiger partial charge in [0.2, 0.25) is 5.91 Å². The van der Waals surface area contributed by atoms with E-state index in [9.17, 15) is 4.79 Å². The van der Waals surface area contributed by atoms with Gasteiger partial charge in [-0.05, 0) is 24.7 Å². The maximum atomic E-state index is 12.0. The lowest BCUT2D eigenvalue weighted by atomic mass is 9.95. The number of piperidine rings is 1. The van der Waals surface area contributed by atoms with Gasteiger partial charge in [0.05, 0.1) is 6.04 Å². The summed E-state index contributed by atoms with van der Waals surface area (Å²) in [6.45, 7) is 5.79. The van der Waals surface area contributed by atoms with Crippen molar-refractivity contribution in [1.82, 2.24) is 4.90 Å². The highest BCUT2D eigenvalue weighted by Crippen LogP contribution is 2.18. The number of hydrogen-bond donors (Lipinski definition) is 2. The Kier molecular flexibility index (Phi) is 5.22. The average molecular weight is 228 g/mol. The molecular formula is C12H24N2O2. The van der Waals surface area contributed by atoms with Gasteiger partial charge >= 0.3 is 0 Å². The maximum absolute atomic E-state index is 12.0. The number of nitrogens with zero attached hydrogens (tertiary/aromatic N) is 1. The molecule has 16 heavy (non-hydrogen) atoms. The molecule has 0 radical (unpaired) electrons. The van der Waals surface area contributed by atoms with Crippen LogP contribution in [0.2, 0.25) is 0 Å². The summed E-state index contributed by atoms with van der Waals surface area (Å²) < 4.78 is 0. The van der Waals surface area contributed by atoms with Gasteiger partial charge < -0.3 is 15.7 Å². The molecule has 0 aliphatic carbocycles. The Morgan fingerprint density at radius 2 is 2.06 bits per heavy atom. The van der Waals surface area contributed by atoms with E-state index in [-0.39, 0.29) is 24.5 Å². The van der Waals surface area contributed by atoms with E-state index in [0.717, 1.165) is 32.4 Å². The SMILES string of the molecule is CCC(C)C(N)C(=O)N1CCC(CO)CC1. The van der Waals surface area contributed by atoms with Crippen LogP contribution in [0.25, 0.3) is 0 Å². The predicted octanol–water partition coefficient (Wildman–Crippen LogP) is 0.591. The zero-order valence-electron chi connectivity index (χ0n) is 10.4. The van der Waals surface area contributed by atoms with Crippen LogP contribution in [0.3, 0.4) is 0 Å². The summed E-state index contributed by atoms with van der Waals surface area (Å²) in [5, 5.41) is 9.02. The molecule has 1 amide bonds. The molecule has 94 valence electrons. The van der Waals surface area contributed by atoms with Crippen molar-refractivity contribution in [1.29, 1.82) is 0 Å². The largest absolute Gasteiger partial charge is 0.396 e. The number of carbonyl (C=O) groups excluding carboxylic acids is 1. The summed E-state index contributed by atoms with van der Waals surface area (Å²) in [7, 11) is 0. The van der Waals surface area contributed by atoms with E-state index in [4.69, 9.17) is 10.8 Å². The van der Waals surface area contributed by atoms with Crippen LogP contribution in [-0.4, -0.2) is 41.7 Å². The standard InChI is InChI=1S/C12H24N2O2/c1-3-9(2)11(13)12(16)14-6-4-10(8-15)5-7-14/h9-11,15H,3-8,13H2,1-2H3. The van der Waals surface area contributed by atoms with Crippen molar-refractivity contribution in [3.8, 4) is 0 Å². The lowest BCUT2D eigenvalue weighted by Crippen LogP contribution is -2.49. The number of aliphatic hydroxyl groups excluding tert-OH is 1. The highest BCUT2D eigenvalue weighted by Gasteiger charge is 2.28. The molecule has 4 nitrogen and oxygen atoms in total. The Hall–Kier alpha value is -0.610. The quantitative estimate of drug-likeness (QED) is 0.740. The second-order valence-corrected chi connectivity index (χ2v) is 4.86. The molecule has 1 fully saturated rings. The highest BCUT2D eigenvalue weighted by atomic mass is 16.3. The summed E-state index contributed by atoms with van der Waals surface area (Å²) in [6.07, 6.45) is 2.73. The number of amides is 1. The van der Waals surface area contributed by atoms with E-state index in [1.165, 1.54) is 0 Å². The summed E-state index contributed by atoms with van der Waals surface area (Å²) in [6, 6.07) is -0.365. The minimum atomic E-state index is -0.365. The van der Waals surface area contributed by atoms with Crippen LogP contribution >= 0.6 is 0 Å². The third-order valence-electron chi connectivity index (χ3n) is 3.73. The van der Waals surface area contributed by atoms with E-state index in [1.54, 1.807) is 0 Å². The third-order valence-corrected chi connectivity index (χ3v) is 3.73. The molecule has 1 saturated heterocycles. The van der Waals surface area contributed by atoms with Crippen LogP contribution in [0.1, 0.15) is 33.1 Å². The van der Waals surface area contributed by atoms with Gasteiger partial charge in [0.25, 0.3) is 0 Å². The van der Waals surface area contributed by atoms with E-state index in [0.29, 0.717) is 5.92 Å². The van der Waals surface area contributed by atoms with Crippen molar-refractivity contribution in [3.05, 3.63) is 0 Å². The van der Waals surface area contributed by atoms with Crippen LogP contribution in [0, 0.1) is 11.8 Å². The molecule has 1 heterocycles. The maximum Gasteiger partial charge on any atom is 0.239 e. The topological polar surface area (TPSA) is 66.6 Å². The summed E-state index contributed by atoms with van der Waals surface area (Å²) in [5.41, 5.74) is 5.93. The first-order valence-corrected chi connectivity index (χ1v) is 6.25. The Labute approximate surface area is 97.8 Å². The fraction of sp³-hybridized carbons (Fsp3) is 0.917. The van der Waals surface area contributed by atoms with Crippen molar-refractivity contribution >= 4 is 5.91 Å². The lowest BCUT2D eigenvalue weighted by molar-refractivity contribution is -0.135. The zero-order chi connectivity index (χ0) is 12.1. The molecule has 0 aromatic heterocycles. The summed E-state index contributed by atoms with van der Waals surface area (Å²) in [4.78, 5) is 13.9. The molecular weight excluding hydrogens is 204 g/mol. The Bertz CT molecular complexity index is 225. The smallest absolute Gasteiger partial charge is 0.239 e. The molecule has 0 aromatic carbocycles. The second kappa shape index (κ2) is 6.21. The molecule has 0 bridgehead atoms. The van der Waals surface area contributed by atoms with Crippen molar-refractivity contribution in [3.63, 3.8) is 0 Å². The first-order valence-electron chi connectivity index (χ1n) is 6.25. The molecule has 0 spiro atoms. The first-order chi connectivity index (χ1) is 7.60. The molecule has 0 saturated carbocycles. The molecule has 1 aliphatic rings. The number of nitrogens with two attached hydrogens (primary N) is 1. The monoisotopic (exact) mass is 228 g/mol. The number of hydrogen-bond acceptors (Lipinski definition) is 3. The van der Waals surface area contributed by atoms with Gasteiger partial charge in [-0.25, -0.2) is 0 Å². The molecule has 0 aromatic rings. The number of likely N-dealkylation sites (tertiary alicyclic amines) is 1. The van der Waals surface area contributed by atoms with Crippen LogP contribution in [0.15, 0.2) is 0 Å². The molecule has 2 atom stereocenters. The van der Waals surface area contributed by atoms with Crippen LogP contribution in [0.5, 0.6) is 0 Å². The average Bonchev–Trinajstić information content (AvgIpc) is 2.36. The Balaban J connectivity index is 2.44. The third kappa shape index (κ3) is 3.19. The van der Waals surface area contributed by atoms with Crippen molar-refractivity contribution < 1.29 is 9.90 Å². The molecule has 1 aliphatic heterocycles. The molecule has 3 N–H and O–H groups in total. The van der Waals surface area contributed by atoms with Gasteiger partial charge in [0, 0.05) is 19.7 Å². The number of rotatable bonds is 4. The molecule has 1 rings (SSSR count). The Morgan fingerprint density at radius 1 is 1.50 bits per heavy atom. The first kappa shape index (κ1) is 13.5. The van der Waals surface area contributed by atoms with Gasteiger partial charge in [-0.2, -0.15) is 0 Å². The fourth-order valence-electron chi connectivity index (χ4n) is 2.04. The van der Waals surface area contributed by atoms with Gasteiger partial charge in [0.1, 0.15) is 0 Å². The zero-order valence-corrected chi connectivity index (χ0v) is 10.4. The molecule has 2 unspecified atom stereocenters. The second-order valence-electron chi connectivity index (χ2n) is 4.86. The van der Waals surface area contributed by atoms with Gasteiger partial charge in [-0.1, -0.05) is 20.3 Å². The minimum Gasteiger partial charge on any atom is -0.396 e. The molecule has 4 heteroatoms. The normalized spacial score (nSPS) is 21.9. The van der Waals surface area contributed by atoms with Crippen LogP contribution in [0.4, 0.5) is 0 Å². The van der Waals surface area contributed by atoms with Crippen molar-refractivity contribution in [2.75, 3.05) is 19.7 Å². The number of aliphatic hydroxyl groups is 1. The van der Waals surface area contributed by atoms with Gasteiger partial charge in [0.15, 0.2) is 0 Å². The van der Waals surface area contributed by atoms with E-state index in [2.05, 4.69) is 6.92 Å². The fourth-order valence-corrected chi connectivity index (χ4v) is 2.04. The van der Waals surface area contributed by atoms with Gasteiger partial charge in [-0.3, -0.25) is 4.79 Å². The van der Waals surface area contributed by atoms with E-state index >= 15 is 0 Å². The minimum absolute atomic E-state index is 0.0748. The number of carbonyl (C=O) groups is 1. The lowest BCUT2D eigenvalue weighted by Gasteiger charge is -2.33. The highest BCUT2D eigenvalue weighted by molar-refractivity contribution is 5.82. The predicted molar refractivity (Wildman–Crippen MR) is 63.8 cm³/mol. The van der Waals surface area contributed by atoms with Crippen molar-refractivity contribution in [2.24, 2.45) is 17.6 Å².